The van der Waals surface area contributed by atoms with E-state index in [4.69, 9.17) is 4.42 Å². The Morgan fingerprint density at radius 2 is 2.00 bits per heavy atom. The van der Waals surface area contributed by atoms with Crippen molar-refractivity contribution >= 4 is 33.6 Å². The van der Waals surface area contributed by atoms with Gasteiger partial charge in [-0.2, -0.15) is 0 Å². The van der Waals surface area contributed by atoms with E-state index < -0.39 is 5.97 Å². The fraction of sp³-hybridized carbons (Fsp3) is 0.176. The molecule has 2 aromatic carbocycles. The van der Waals surface area contributed by atoms with Crippen molar-refractivity contribution in [1.29, 1.82) is 0 Å². The molecule has 0 fully saturated rings. The molecule has 1 heterocycles. The number of nitrogens with one attached hydrogen (secondary N) is 1. The summed E-state index contributed by atoms with van der Waals surface area (Å²) in [6.45, 7) is -0.133. The molecule has 5 nitrogen and oxygen atoms in total. The zero-order valence-corrected chi connectivity index (χ0v) is 12.1. The Hall–Kier alpha value is -2.82. The van der Waals surface area contributed by atoms with Gasteiger partial charge in [-0.05, 0) is 16.8 Å². The average Bonchev–Trinajstić information content (AvgIpc) is 2.96. The zero-order valence-electron chi connectivity index (χ0n) is 12.1. The van der Waals surface area contributed by atoms with Crippen molar-refractivity contribution in [2.75, 3.05) is 13.7 Å². The molecule has 1 N–H and O–H groups in total. The lowest BCUT2D eigenvalue weighted by Gasteiger charge is -2.04. The molecule has 0 atom stereocenters. The van der Waals surface area contributed by atoms with E-state index in [0.717, 1.165) is 27.3 Å². The number of hydrogen-bond acceptors (Lipinski definition) is 4. The van der Waals surface area contributed by atoms with Gasteiger partial charge in [0.25, 0.3) is 0 Å². The molecule has 0 aliphatic rings. The van der Waals surface area contributed by atoms with E-state index in [-0.39, 0.29) is 18.9 Å². The maximum absolute atomic E-state index is 12.0. The number of fused-ring (bicyclic) bond motifs is 3. The Morgan fingerprint density at radius 3 is 2.82 bits per heavy atom. The molecular formula is C17H15NO4. The molecule has 112 valence electrons. The van der Waals surface area contributed by atoms with Gasteiger partial charge in [0, 0.05) is 10.9 Å². The van der Waals surface area contributed by atoms with E-state index in [0.29, 0.717) is 0 Å². The molecule has 1 aromatic heterocycles. The first-order valence-electron chi connectivity index (χ1n) is 6.90. The van der Waals surface area contributed by atoms with Crippen LogP contribution < -0.4 is 5.32 Å². The van der Waals surface area contributed by atoms with Crippen LogP contribution in [0, 0.1) is 0 Å². The van der Waals surface area contributed by atoms with E-state index in [1.807, 2.05) is 36.4 Å². The topological polar surface area (TPSA) is 68.5 Å². The molecule has 3 aromatic rings. The summed E-state index contributed by atoms with van der Waals surface area (Å²) in [5, 5.41) is 5.60. The quantitative estimate of drug-likeness (QED) is 0.751. The standard InChI is InChI=1S/C17H15NO4/c1-21-16(20)9-18-15(19)8-12-10-22-14-7-6-11-4-2-3-5-13(11)17(12)14/h2-7,10H,8-9H2,1H3,(H,18,19). The first kappa shape index (κ1) is 14.1. The minimum absolute atomic E-state index is 0.133. The summed E-state index contributed by atoms with van der Waals surface area (Å²) in [7, 11) is 1.28. The van der Waals surface area contributed by atoms with Crippen LogP contribution in [0.1, 0.15) is 5.56 Å². The molecule has 1 amide bonds. The Bertz CT molecular complexity index is 850. The molecule has 3 rings (SSSR count). The minimum atomic E-state index is -0.476. The lowest BCUT2D eigenvalue weighted by atomic mass is 10.0. The third kappa shape index (κ3) is 2.65. The van der Waals surface area contributed by atoms with E-state index >= 15 is 0 Å². The maximum atomic E-state index is 12.0. The van der Waals surface area contributed by atoms with Crippen molar-refractivity contribution in [1.82, 2.24) is 5.32 Å². The van der Waals surface area contributed by atoms with Gasteiger partial charge in [0.1, 0.15) is 12.1 Å². The number of hydrogen-bond donors (Lipinski definition) is 1. The van der Waals surface area contributed by atoms with Gasteiger partial charge in [-0.15, -0.1) is 0 Å². The van der Waals surface area contributed by atoms with Crippen LogP contribution in [0.15, 0.2) is 47.1 Å². The second-order valence-electron chi connectivity index (χ2n) is 4.95. The highest BCUT2D eigenvalue weighted by molar-refractivity contribution is 6.08. The minimum Gasteiger partial charge on any atom is -0.468 e. The Morgan fingerprint density at radius 1 is 1.18 bits per heavy atom. The molecule has 0 bridgehead atoms. The van der Waals surface area contributed by atoms with Gasteiger partial charge in [0.2, 0.25) is 5.91 Å². The van der Waals surface area contributed by atoms with Crippen LogP contribution in [0.5, 0.6) is 0 Å². The second-order valence-corrected chi connectivity index (χ2v) is 4.95. The number of furan rings is 1. The first-order chi connectivity index (χ1) is 10.7. The largest absolute Gasteiger partial charge is 0.468 e. The predicted octanol–water partition coefficient (Wildman–Crippen LogP) is 2.42. The van der Waals surface area contributed by atoms with E-state index in [2.05, 4.69) is 10.1 Å². The predicted molar refractivity (Wildman–Crippen MR) is 82.4 cm³/mol. The van der Waals surface area contributed by atoms with E-state index in [1.54, 1.807) is 6.26 Å². The number of ether oxygens (including phenoxy) is 1. The fourth-order valence-electron chi connectivity index (χ4n) is 2.48. The zero-order chi connectivity index (χ0) is 15.5. The Kier molecular flexibility index (Phi) is 3.78. The van der Waals surface area contributed by atoms with Gasteiger partial charge in [0.15, 0.2) is 0 Å². The van der Waals surface area contributed by atoms with Crippen molar-refractivity contribution in [3.8, 4) is 0 Å². The van der Waals surface area contributed by atoms with Crippen molar-refractivity contribution in [2.24, 2.45) is 0 Å². The SMILES string of the molecule is COC(=O)CNC(=O)Cc1coc2ccc3ccccc3c12. The van der Waals surface area contributed by atoms with Crippen LogP contribution in [0.4, 0.5) is 0 Å². The number of amides is 1. The van der Waals surface area contributed by atoms with Crippen LogP contribution in [0.25, 0.3) is 21.7 Å². The van der Waals surface area contributed by atoms with Gasteiger partial charge in [0.05, 0.1) is 19.8 Å². The second kappa shape index (κ2) is 5.89. The molecule has 0 saturated heterocycles. The third-order valence-electron chi connectivity index (χ3n) is 3.55. The van der Waals surface area contributed by atoms with Gasteiger partial charge in [-0.3, -0.25) is 9.59 Å². The molecule has 0 aliphatic carbocycles. The van der Waals surface area contributed by atoms with Crippen LogP contribution in [-0.4, -0.2) is 25.5 Å². The fourth-order valence-corrected chi connectivity index (χ4v) is 2.48. The smallest absolute Gasteiger partial charge is 0.325 e. The average molecular weight is 297 g/mol. The number of esters is 1. The summed E-state index contributed by atoms with van der Waals surface area (Å²) in [4.78, 5) is 23.0. The molecular weight excluding hydrogens is 282 g/mol. The molecule has 0 radical (unpaired) electrons. The third-order valence-corrected chi connectivity index (χ3v) is 3.55. The van der Waals surface area contributed by atoms with Gasteiger partial charge in [-0.25, -0.2) is 0 Å². The monoisotopic (exact) mass is 297 g/mol. The normalized spacial score (nSPS) is 10.8. The maximum Gasteiger partial charge on any atom is 0.325 e. The number of benzene rings is 2. The van der Waals surface area contributed by atoms with Crippen molar-refractivity contribution in [2.45, 2.75) is 6.42 Å². The van der Waals surface area contributed by atoms with Crippen molar-refractivity contribution in [3.05, 3.63) is 48.2 Å². The van der Waals surface area contributed by atoms with Crippen molar-refractivity contribution in [3.63, 3.8) is 0 Å². The molecule has 22 heavy (non-hydrogen) atoms. The summed E-state index contributed by atoms with van der Waals surface area (Å²) in [5.74, 6) is -0.725. The highest BCUT2D eigenvalue weighted by atomic mass is 16.5. The summed E-state index contributed by atoms with van der Waals surface area (Å²) in [6, 6.07) is 11.8. The molecule has 0 unspecified atom stereocenters. The van der Waals surface area contributed by atoms with Gasteiger partial charge >= 0.3 is 5.97 Å². The first-order valence-corrected chi connectivity index (χ1v) is 6.90. The summed E-state index contributed by atoms with van der Waals surface area (Å²) in [5.41, 5.74) is 1.55. The number of carbonyl (C=O) groups excluding carboxylic acids is 2. The number of rotatable bonds is 4. The summed E-state index contributed by atoms with van der Waals surface area (Å²) < 4.78 is 10.0. The summed E-state index contributed by atoms with van der Waals surface area (Å²) >= 11 is 0. The Balaban J connectivity index is 1.89. The highest BCUT2D eigenvalue weighted by Gasteiger charge is 2.13. The van der Waals surface area contributed by atoms with Crippen molar-refractivity contribution < 1.29 is 18.7 Å². The number of carbonyl (C=O) groups is 2. The summed E-state index contributed by atoms with van der Waals surface area (Å²) in [6.07, 6.45) is 1.74. The molecule has 5 heteroatoms. The molecule has 0 spiro atoms. The van der Waals surface area contributed by atoms with E-state index in [9.17, 15) is 9.59 Å². The molecule has 0 aliphatic heterocycles. The van der Waals surface area contributed by atoms with Crippen LogP contribution >= 0.6 is 0 Å². The number of methoxy groups -OCH3 is 1. The van der Waals surface area contributed by atoms with Gasteiger partial charge < -0.3 is 14.5 Å². The lowest BCUT2D eigenvalue weighted by Crippen LogP contribution is -2.31. The molecule has 0 saturated carbocycles. The van der Waals surface area contributed by atoms with Gasteiger partial charge in [-0.1, -0.05) is 30.3 Å². The van der Waals surface area contributed by atoms with E-state index in [1.165, 1.54) is 7.11 Å². The van der Waals surface area contributed by atoms with Crippen LogP contribution in [0.2, 0.25) is 0 Å². The Labute approximate surface area is 126 Å². The van der Waals surface area contributed by atoms with Crippen LogP contribution in [0.3, 0.4) is 0 Å². The lowest BCUT2D eigenvalue weighted by molar-refractivity contribution is -0.141. The van der Waals surface area contributed by atoms with Crippen LogP contribution in [-0.2, 0) is 20.7 Å². The highest BCUT2D eigenvalue weighted by Crippen LogP contribution is 2.29.